The molecule has 0 bridgehead atoms. The Morgan fingerprint density at radius 2 is 1.70 bits per heavy atom. The van der Waals surface area contributed by atoms with E-state index in [2.05, 4.69) is 27.8 Å². The average molecular weight is 460 g/mol. The van der Waals surface area contributed by atoms with Crippen LogP contribution in [-0.2, 0) is 4.79 Å². The van der Waals surface area contributed by atoms with Crippen LogP contribution in [0.2, 0.25) is 0 Å². The molecule has 7 heteroatoms. The fraction of sp³-hybridized carbons (Fsp3) is 0.192. The highest BCUT2D eigenvalue weighted by Crippen LogP contribution is 2.28. The van der Waals surface area contributed by atoms with E-state index in [1.54, 1.807) is 6.07 Å². The van der Waals surface area contributed by atoms with Gasteiger partial charge in [0.25, 0.3) is 5.91 Å². The van der Waals surface area contributed by atoms with Crippen molar-refractivity contribution in [3.8, 4) is 5.75 Å². The smallest absolute Gasteiger partial charge is 0.255 e. The van der Waals surface area contributed by atoms with Crippen LogP contribution in [0.5, 0.6) is 5.75 Å². The number of ether oxygens (including phenoxy) is 1. The number of anilines is 2. The summed E-state index contributed by atoms with van der Waals surface area (Å²) in [7, 11) is 0. The van der Waals surface area contributed by atoms with Crippen molar-refractivity contribution >= 4 is 44.1 Å². The maximum absolute atomic E-state index is 12.9. The summed E-state index contributed by atoms with van der Waals surface area (Å²) >= 11 is 1.40. The van der Waals surface area contributed by atoms with Gasteiger partial charge in [-0.25, -0.2) is 4.98 Å². The quantitative estimate of drug-likeness (QED) is 0.362. The first-order chi connectivity index (χ1) is 15.9. The molecule has 0 unspecified atom stereocenters. The van der Waals surface area contributed by atoms with Gasteiger partial charge < -0.3 is 15.4 Å². The Bertz CT molecular complexity index is 1290. The highest BCUT2D eigenvalue weighted by atomic mass is 32.1. The summed E-state index contributed by atoms with van der Waals surface area (Å²) in [6, 6.07) is 18.7. The summed E-state index contributed by atoms with van der Waals surface area (Å²) in [5.74, 6) is 0.415. The molecular weight excluding hydrogens is 434 g/mol. The van der Waals surface area contributed by atoms with Crippen molar-refractivity contribution in [3.05, 3.63) is 82.9 Å². The predicted molar refractivity (Wildman–Crippen MR) is 134 cm³/mol. The fourth-order valence-electron chi connectivity index (χ4n) is 3.61. The van der Waals surface area contributed by atoms with Gasteiger partial charge in [-0.05, 0) is 62.2 Å². The Morgan fingerprint density at radius 3 is 2.42 bits per heavy atom. The van der Waals surface area contributed by atoms with Crippen molar-refractivity contribution in [1.82, 2.24) is 4.98 Å². The molecule has 33 heavy (non-hydrogen) atoms. The van der Waals surface area contributed by atoms with Crippen molar-refractivity contribution in [3.63, 3.8) is 0 Å². The molecule has 0 atom stereocenters. The number of aryl methyl sites for hydroxylation is 3. The number of para-hydroxylation sites is 1. The van der Waals surface area contributed by atoms with Gasteiger partial charge in [0.2, 0.25) is 0 Å². The Hall–Kier alpha value is -3.71. The molecule has 0 aliphatic carbocycles. The van der Waals surface area contributed by atoms with Crippen LogP contribution in [0.3, 0.4) is 0 Å². The lowest BCUT2D eigenvalue weighted by Gasteiger charge is -2.12. The summed E-state index contributed by atoms with van der Waals surface area (Å²) in [6.45, 7) is 6.13. The first-order valence-electron chi connectivity index (χ1n) is 10.6. The molecule has 0 aliphatic heterocycles. The van der Waals surface area contributed by atoms with Gasteiger partial charge in [0, 0.05) is 11.3 Å². The normalized spacial score (nSPS) is 10.8. The number of rotatable bonds is 8. The van der Waals surface area contributed by atoms with E-state index in [0.29, 0.717) is 16.4 Å². The number of carbonyl (C=O) groups excluding carboxylic acids is 2. The summed E-state index contributed by atoms with van der Waals surface area (Å²) in [4.78, 5) is 29.5. The largest absolute Gasteiger partial charge is 0.486 e. The van der Waals surface area contributed by atoms with E-state index < -0.39 is 0 Å². The van der Waals surface area contributed by atoms with E-state index in [9.17, 15) is 9.59 Å². The van der Waals surface area contributed by atoms with Gasteiger partial charge in [-0.1, -0.05) is 47.2 Å². The van der Waals surface area contributed by atoms with Crippen LogP contribution >= 0.6 is 11.3 Å². The number of thiazole rings is 1. The zero-order valence-electron chi connectivity index (χ0n) is 18.8. The fourth-order valence-corrected chi connectivity index (χ4v) is 4.51. The SMILES string of the molecule is Cc1cc(C)c(NC(=O)c2ccc3nc(NCC(=O)COc4ccccc4)sc3c2)c(C)c1. The molecule has 6 nitrogen and oxygen atoms in total. The maximum atomic E-state index is 12.9. The van der Waals surface area contributed by atoms with Gasteiger partial charge in [-0.2, -0.15) is 0 Å². The van der Waals surface area contributed by atoms with Crippen LogP contribution in [0.4, 0.5) is 10.8 Å². The second-order valence-corrected chi connectivity index (χ2v) is 8.95. The van der Waals surface area contributed by atoms with E-state index in [-0.39, 0.29) is 24.8 Å². The molecule has 0 saturated heterocycles. The average Bonchev–Trinajstić information content (AvgIpc) is 3.21. The number of amides is 1. The van der Waals surface area contributed by atoms with Crippen LogP contribution in [0, 0.1) is 20.8 Å². The lowest BCUT2D eigenvalue weighted by Crippen LogP contribution is -2.20. The van der Waals surface area contributed by atoms with Crippen molar-refractivity contribution in [2.24, 2.45) is 0 Å². The summed E-state index contributed by atoms with van der Waals surface area (Å²) in [5, 5.41) is 6.71. The zero-order chi connectivity index (χ0) is 23.4. The van der Waals surface area contributed by atoms with Gasteiger partial charge in [0.05, 0.1) is 16.8 Å². The van der Waals surface area contributed by atoms with Crippen molar-refractivity contribution in [1.29, 1.82) is 0 Å². The number of fused-ring (bicyclic) bond motifs is 1. The minimum atomic E-state index is -0.164. The molecule has 0 fully saturated rings. The van der Waals surface area contributed by atoms with Gasteiger partial charge in [0.15, 0.2) is 10.9 Å². The molecule has 1 aromatic heterocycles. The minimum Gasteiger partial charge on any atom is -0.486 e. The second kappa shape index (κ2) is 9.83. The predicted octanol–water partition coefficient (Wildman–Crippen LogP) is 5.53. The zero-order valence-corrected chi connectivity index (χ0v) is 19.6. The van der Waals surface area contributed by atoms with Gasteiger partial charge in [-0.3, -0.25) is 9.59 Å². The van der Waals surface area contributed by atoms with Crippen molar-refractivity contribution in [2.75, 3.05) is 23.8 Å². The molecule has 1 amide bonds. The van der Waals surface area contributed by atoms with Crippen LogP contribution in [0.15, 0.2) is 60.7 Å². The number of carbonyl (C=O) groups is 2. The Morgan fingerprint density at radius 1 is 0.970 bits per heavy atom. The molecule has 168 valence electrons. The van der Waals surface area contributed by atoms with Crippen LogP contribution in [0.1, 0.15) is 27.0 Å². The Balaban J connectivity index is 1.39. The van der Waals surface area contributed by atoms with Crippen LogP contribution in [-0.4, -0.2) is 29.8 Å². The topological polar surface area (TPSA) is 80.3 Å². The maximum Gasteiger partial charge on any atom is 0.255 e. The van der Waals surface area contributed by atoms with E-state index in [0.717, 1.165) is 27.0 Å². The van der Waals surface area contributed by atoms with E-state index in [1.807, 2.05) is 63.2 Å². The monoisotopic (exact) mass is 459 g/mol. The number of ketones is 1. The van der Waals surface area contributed by atoms with E-state index in [4.69, 9.17) is 4.74 Å². The number of nitrogens with one attached hydrogen (secondary N) is 2. The summed E-state index contributed by atoms with van der Waals surface area (Å²) < 4.78 is 6.35. The lowest BCUT2D eigenvalue weighted by atomic mass is 10.0. The Labute approximate surface area is 196 Å². The third kappa shape index (κ3) is 5.56. The number of hydrogen-bond acceptors (Lipinski definition) is 6. The third-order valence-electron chi connectivity index (χ3n) is 5.15. The third-order valence-corrected chi connectivity index (χ3v) is 6.12. The summed E-state index contributed by atoms with van der Waals surface area (Å²) in [5.41, 5.74) is 5.41. The molecule has 1 heterocycles. The summed E-state index contributed by atoms with van der Waals surface area (Å²) in [6.07, 6.45) is 0. The number of Topliss-reactive ketones (excluding diaryl/α,β-unsaturated/α-hetero) is 1. The molecule has 2 N–H and O–H groups in total. The molecule has 0 aliphatic rings. The lowest BCUT2D eigenvalue weighted by molar-refractivity contribution is -0.119. The van der Waals surface area contributed by atoms with Crippen LogP contribution < -0.4 is 15.4 Å². The molecule has 4 aromatic rings. The molecule has 4 rings (SSSR count). The number of benzene rings is 3. The highest BCUT2D eigenvalue weighted by molar-refractivity contribution is 7.22. The van der Waals surface area contributed by atoms with E-state index >= 15 is 0 Å². The molecule has 0 spiro atoms. The number of aromatic nitrogens is 1. The highest BCUT2D eigenvalue weighted by Gasteiger charge is 2.13. The van der Waals surface area contributed by atoms with Crippen LogP contribution in [0.25, 0.3) is 10.2 Å². The number of nitrogens with zero attached hydrogens (tertiary/aromatic N) is 1. The van der Waals surface area contributed by atoms with Crippen molar-refractivity contribution in [2.45, 2.75) is 20.8 Å². The van der Waals surface area contributed by atoms with Gasteiger partial charge in [-0.15, -0.1) is 0 Å². The first kappa shape index (κ1) is 22.5. The number of hydrogen-bond donors (Lipinski definition) is 2. The Kier molecular flexibility index (Phi) is 6.70. The van der Waals surface area contributed by atoms with E-state index in [1.165, 1.54) is 16.9 Å². The molecule has 0 saturated carbocycles. The minimum absolute atomic E-state index is 0.00985. The molecular formula is C26H25N3O3S. The van der Waals surface area contributed by atoms with Crippen molar-refractivity contribution < 1.29 is 14.3 Å². The second-order valence-electron chi connectivity index (χ2n) is 7.92. The molecule has 3 aromatic carbocycles. The molecule has 0 radical (unpaired) electrons. The standard InChI is InChI=1S/C26H25N3O3S/c1-16-11-17(2)24(18(3)12-16)29-25(31)19-9-10-22-23(13-19)33-26(28-22)27-14-20(30)15-32-21-7-5-4-6-8-21/h4-13H,14-15H2,1-3H3,(H,27,28)(H,29,31). The van der Waals surface area contributed by atoms with Gasteiger partial charge >= 0.3 is 0 Å². The first-order valence-corrected chi connectivity index (χ1v) is 11.4. The van der Waals surface area contributed by atoms with Gasteiger partial charge in [0.1, 0.15) is 12.4 Å².